The smallest absolute Gasteiger partial charge is 0.374 e. The van der Waals surface area contributed by atoms with E-state index in [4.69, 9.17) is 13.6 Å². The first-order valence-corrected chi connectivity index (χ1v) is 7.05. The molecular weight excluding hydrogens is 316 g/mol. The van der Waals surface area contributed by atoms with Gasteiger partial charge in [-0.05, 0) is 24.3 Å². The molecule has 0 spiro atoms. The van der Waals surface area contributed by atoms with Crippen LogP contribution >= 0.6 is 0 Å². The minimum atomic E-state index is -0.640. The average molecular weight is 330 g/mol. The Morgan fingerprint density at radius 1 is 1.25 bits per heavy atom. The molecule has 0 N–H and O–H groups in total. The van der Waals surface area contributed by atoms with Crippen molar-refractivity contribution in [1.82, 2.24) is 9.78 Å². The Balaban J connectivity index is 1.61. The van der Waals surface area contributed by atoms with Gasteiger partial charge in [0, 0.05) is 18.0 Å². The van der Waals surface area contributed by atoms with Crippen LogP contribution in [0.15, 0.2) is 51.8 Å². The maximum absolute atomic E-state index is 12.0. The molecule has 3 rings (SSSR count). The Morgan fingerprint density at radius 2 is 2.12 bits per heavy atom. The fourth-order valence-electron chi connectivity index (χ4n) is 2.06. The number of hydrogen-bond acceptors (Lipinski definition) is 7. The molecule has 8 heteroatoms. The first kappa shape index (κ1) is 15.6. The SMILES string of the molecule is COC(=O)c1occc1COC(=O)c1ccc(Cn2cccn2)o1. The van der Waals surface area contributed by atoms with Crippen molar-refractivity contribution in [2.75, 3.05) is 7.11 Å². The van der Waals surface area contributed by atoms with E-state index in [2.05, 4.69) is 9.84 Å². The molecule has 0 fully saturated rings. The topological polar surface area (TPSA) is 96.7 Å². The highest BCUT2D eigenvalue weighted by Crippen LogP contribution is 2.15. The van der Waals surface area contributed by atoms with Crippen molar-refractivity contribution < 1.29 is 27.9 Å². The minimum absolute atomic E-state index is 0.00381. The number of hydrogen-bond donors (Lipinski definition) is 0. The molecule has 8 nitrogen and oxygen atoms in total. The van der Waals surface area contributed by atoms with Crippen LogP contribution in [0.4, 0.5) is 0 Å². The highest BCUT2D eigenvalue weighted by molar-refractivity contribution is 5.88. The van der Waals surface area contributed by atoms with Crippen molar-refractivity contribution in [1.29, 1.82) is 0 Å². The van der Waals surface area contributed by atoms with E-state index < -0.39 is 11.9 Å². The van der Waals surface area contributed by atoms with Gasteiger partial charge in [0.2, 0.25) is 11.5 Å². The molecule has 24 heavy (non-hydrogen) atoms. The Kier molecular flexibility index (Phi) is 4.46. The van der Waals surface area contributed by atoms with Gasteiger partial charge >= 0.3 is 11.9 Å². The summed E-state index contributed by atoms with van der Waals surface area (Å²) in [7, 11) is 1.24. The quantitative estimate of drug-likeness (QED) is 0.639. The number of furan rings is 2. The van der Waals surface area contributed by atoms with E-state index in [1.165, 1.54) is 25.5 Å². The standard InChI is InChI=1S/C16H14N2O6/c1-21-16(20)14-11(5-8-22-14)10-23-15(19)13-4-3-12(24-13)9-18-7-2-6-17-18/h2-8H,9-10H2,1H3. The molecule has 124 valence electrons. The zero-order chi connectivity index (χ0) is 16.9. The van der Waals surface area contributed by atoms with Crippen molar-refractivity contribution in [3.8, 4) is 0 Å². The molecule has 0 aliphatic heterocycles. The van der Waals surface area contributed by atoms with Gasteiger partial charge in [0.15, 0.2) is 0 Å². The van der Waals surface area contributed by atoms with Crippen molar-refractivity contribution in [2.24, 2.45) is 0 Å². The summed E-state index contributed by atoms with van der Waals surface area (Å²) in [5, 5.41) is 4.06. The fourth-order valence-corrected chi connectivity index (χ4v) is 2.06. The highest BCUT2D eigenvalue weighted by atomic mass is 16.5. The van der Waals surface area contributed by atoms with E-state index in [1.807, 2.05) is 0 Å². The van der Waals surface area contributed by atoms with Crippen LogP contribution in [-0.4, -0.2) is 28.8 Å². The molecule has 0 unspecified atom stereocenters. The number of rotatable bonds is 6. The van der Waals surface area contributed by atoms with E-state index >= 15 is 0 Å². The fraction of sp³-hybridized carbons (Fsp3) is 0.188. The van der Waals surface area contributed by atoms with Gasteiger partial charge < -0.3 is 18.3 Å². The zero-order valence-corrected chi connectivity index (χ0v) is 12.8. The van der Waals surface area contributed by atoms with E-state index in [0.717, 1.165) is 0 Å². The van der Waals surface area contributed by atoms with Gasteiger partial charge in [0.1, 0.15) is 12.4 Å². The Bertz CT molecular complexity index is 831. The van der Waals surface area contributed by atoms with Crippen molar-refractivity contribution in [3.05, 3.63) is 65.8 Å². The number of carbonyl (C=O) groups excluding carboxylic acids is 2. The van der Waals surface area contributed by atoms with Crippen LogP contribution in [0.5, 0.6) is 0 Å². The third kappa shape index (κ3) is 3.37. The lowest BCUT2D eigenvalue weighted by Crippen LogP contribution is -2.08. The van der Waals surface area contributed by atoms with Crippen LogP contribution in [0.1, 0.15) is 32.4 Å². The molecule has 0 saturated carbocycles. The van der Waals surface area contributed by atoms with Gasteiger partial charge in [-0.25, -0.2) is 9.59 Å². The van der Waals surface area contributed by atoms with Crippen LogP contribution < -0.4 is 0 Å². The van der Waals surface area contributed by atoms with Gasteiger partial charge in [-0.2, -0.15) is 5.10 Å². The third-order valence-corrected chi connectivity index (χ3v) is 3.22. The highest BCUT2D eigenvalue weighted by Gasteiger charge is 2.19. The van der Waals surface area contributed by atoms with Crippen molar-refractivity contribution in [3.63, 3.8) is 0 Å². The molecule has 0 aliphatic carbocycles. The lowest BCUT2D eigenvalue weighted by molar-refractivity contribution is 0.0419. The summed E-state index contributed by atoms with van der Waals surface area (Å²) in [4.78, 5) is 23.5. The molecule has 3 heterocycles. The number of aromatic nitrogens is 2. The van der Waals surface area contributed by atoms with E-state index in [-0.39, 0.29) is 18.1 Å². The zero-order valence-electron chi connectivity index (χ0n) is 12.8. The van der Waals surface area contributed by atoms with E-state index in [1.54, 1.807) is 29.2 Å². The maximum atomic E-state index is 12.0. The number of nitrogens with zero attached hydrogens (tertiary/aromatic N) is 2. The summed E-state index contributed by atoms with van der Waals surface area (Å²) in [6.07, 6.45) is 4.76. The lowest BCUT2D eigenvalue weighted by Gasteiger charge is -2.03. The lowest BCUT2D eigenvalue weighted by atomic mass is 10.2. The van der Waals surface area contributed by atoms with E-state index in [0.29, 0.717) is 17.9 Å². The van der Waals surface area contributed by atoms with Crippen molar-refractivity contribution in [2.45, 2.75) is 13.2 Å². The van der Waals surface area contributed by atoms with Gasteiger partial charge in [0.25, 0.3) is 0 Å². The van der Waals surface area contributed by atoms with Gasteiger partial charge in [0.05, 0.1) is 19.9 Å². The molecule has 3 aromatic rings. The van der Waals surface area contributed by atoms with Gasteiger partial charge in [-0.1, -0.05) is 0 Å². The second-order valence-corrected chi connectivity index (χ2v) is 4.81. The van der Waals surface area contributed by atoms with Crippen molar-refractivity contribution >= 4 is 11.9 Å². The predicted octanol–water partition coefficient (Wildman–Crippen LogP) is 2.26. The number of carbonyl (C=O) groups is 2. The molecule has 0 amide bonds. The van der Waals surface area contributed by atoms with Crippen LogP contribution in [-0.2, 0) is 22.6 Å². The van der Waals surface area contributed by atoms with Crippen LogP contribution in [0.25, 0.3) is 0 Å². The first-order valence-electron chi connectivity index (χ1n) is 7.05. The molecule has 0 saturated heterocycles. The monoisotopic (exact) mass is 330 g/mol. The summed E-state index contributed by atoms with van der Waals surface area (Å²) in [5.41, 5.74) is 0.415. The largest absolute Gasteiger partial charge is 0.463 e. The summed E-state index contributed by atoms with van der Waals surface area (Å²) in [6, 6.07) is 6.53. The second kappa shape index (κ2) is 6.86. The summed E-state index contributed by atoms with van der Waals surface area (Å²) in [6.45, 7) is 0.281. The third-order valence-electron chi connectivity index (χ3n) is 3.22. The van der Waals surface area contributed by atoms with Crippen LogP contribution in [0, 0.1) is 0 Å². The molecule has 0 aliphatic rings. The van der Waals surface area contributed by atoms with Crippen LogP contribution in [0.3, 0.4) is 0 Å². The first-order chi connectivity index (χ1) is 11.7. The normalized spacial score (nSPS) is 10.5. The van der Waals surface area contributed by atoms with Gasteiger partial charge in [-0.3, -0.25) is 4.68 Å². The molecule has 0 atom stereocenters. The summed E-state index contributed by atoms with van der Waals surface area (Å²) in [5.74, 6) is -0.627. The Morgan fingerprint density at radius 3 is 2.88 bits per heavy atom. The predicted molar refractivity (Wildman–Crippen MR) is 79.2 cm³/mol. The van der Waals surface area contributed by atoms with E-state index in [9.17, 15) is 9.59 Å². The van der Waals surface area contributed by atoms with Gasteiger partial charge in [-0.15, -0.1) is 0 Å². The average Bonchev–Trinajstić information content (AvgIpc) is 3.33. The minimum Gasteiger partial charge on any atom is -0.463 e. The molecule has 3 aromatic heterocycles. The molecule has 0 aromatic carbocycles. The summed E-state index contributed by atoms with van der Waals surface area (Å²) < 4.78 is 21.8. The number of esters is 2. The number of methoxy groups -OCH3 is 1. The van der Waals surface area contributed by atoms with Crippen LogP contribution in [0.2, 0.25) is 0 Å². The summed E-state index contributed by atoms with van der Waals surface area (Å²) >= 11 is 0. The maximum Gasteiger partial charge on any atom is 0.374 e. The second-order valence-electron chi connectivity index (χ2n) is 4.81. The molecule has 0 radical (unpaired) electrons. The number of ether oxygens (including phenoxy) is 2. The Labute approximate surface area is 136 Å². The Hall–Kier alpha value is -3.29. The molecular formula is C16H14N2O6. The molecule has 0 bridgehead atoms.